The van der Waals surface area contributed by atoms with Crippen LogP contribution in [0, 0.1) is 5.82 Å². The van der Waals surface area contributed by atoms with E-state index in [9.17, 15) is 14.4 Å². The summed E-state index contributed by atoms with van der Waals surface area (Å²) in [5.74, 6) is -1.58. The summed E-state index contributed by atoms with van der Waals surface area (Å²) in [4.78, 5) is 40.6. The summed E-state index contributed by atoms with van der Waals surface area (Å²) in [7, 11) is 1.49. The van der Waals surface area contributed by atoms with Crippen LogP contribution in [0.25, 0.3) is 0 Å². The average Bonchev–Trinajstić information content (AvgIpc) is 3.64. The Morgan fingerprint density at radius 3 is 2.30 bits per heavy atom. The Morgan fingerprint density at radius 1 is 0.919 bits per heavy atom. The van der Waals surface area contributed by atoms with E-state index in [4.69, 9.17) is 13.6 Å². The maximum atomic E-state index is 15.0. The number of carbonyl (C=O) groups excluding carboxylic acids is 3. The van der Waals surface area contributed by atoms with E-state index in [-0.39, 0.29) is 17.9 Å². The highest BCUT2D eigenvalue weighted by molar-refractivity contribution is 6.04. The zero-order chi connectivity index (χ0) is 26.2. The number of halogens is 1. The molecule has 10 heteroatoms. The third-order valence-corrected chi connectivity index (χ3v) is 5.49. The topological polar surface area (TPSA) is 114 Å². The van der Waals surface area contributed by atoms with E-state index in [0.29, 0.717) is 17.2 Å². The number of nitrogens with zero attached hydrogens (tertiary/aromatic N) is 1. The lowest BCUT2D eigenvalue weighted by Crippen LogP contribution is -2.47. The van der Waals surface area contributed by atoms with Crippen molar-refractivity contribution in [2.24, 2.45) is 0 Å². The Bertz CT molecular complexity index is 1340. The van der Waals surface area contributed by atoms with Gasteiger partial charge in [-0.2, -0.15) is 0 Å². The van der Waals surface area contributed by atoms with E-state index in [1.165, 1.54) is 50.0 Å². The summed E-state index contributed by atoms with van der Waals surface area (Å²) in [6, 6.07) is 17.0. The van der Waals surface area contributed by atoms with Gasteiger partial charge in [0.25, 0.3) is 5.91 Å². The number of ether oxygens (including phenoxy) is 1. The molecule has 2 heterocycles. The molecule has 9 nitrogen and oxygen atoms in total. The van der Waals surface area contributed by atoms with Gasteiger partial charge in [0.05, 0.1) is 32.7 Å². The van der Waals surface area contributed by atoms with Crippen LogP contribution in [0.15, 0.2) is 94.2 Å². The minimum atomic E-state index is -1.41. The molecule has 0 radical (unpaired) electrons. The predicted molar refractivity (Wildman–Crippen MR) is 131 cm³/mol. The molecule has 0 bridgehead atoms. The fourth-order valence-electron chi connectivity index (χ4n) is 3.69. The SMILES string of the molecule is COc1ccc(N(C(=O)CNC(=O)c2ccco2)[C@@H](C(=O)NCc2ccco2)c2ccccc2F)cc1. The van der Waals surface area contributed by atoms with Crippen LogP contribution in [0.3, 0.4) is 0 Å². The van der Waals surface area contributed by atoms with Gasteiger partial charge in [0.1, 0.15) is 23.4 Å². The quantitative estimate of drug-likeness (QED) is 0.339. The van der Waals surface area contributed by atoms with Crippen LogP contribution >= 0.6 is 0 Å². The Labute approximate surface area is 211 Å². The van der Waals surface area contributed by atoms with Crippen LogP contribution < -0.4 is 20.3 Å². The first-order valence-corrected chi connectivity index (χ1v) is 11.3. The molecule has 0 spiro atoms. The van der Waals surface area contributed by atoms with E-state index in [2.05, 4.69) is 10.6 Å². The van der Waals surface area contributed by atoms with Crippen LogP contribution in [0.4, 0.5) is 10.1 Å². The normalized spacial score (nSPS) is 11.4. The van der Waals surface area contributed by atoms with Gasteiger partial charge >= 0.3 is 0 Å². The maximum absolute atomic E-state index is 15.0. The van der Waals surface area contributed by atoms with E-state index >= 15 is 4.39 Å². The fraction of sp³-hybridized carbons (Fsp3) is 0.148. The molecule has 0 aliphatic heterocycles. The van der Waals surface area contributed by atoms with Crippen LogP contribution in [0.2, 0.25) is 0 Å². The summed E-state index contributed by atoms with van der Waals surface area (Å²) >= 11 is 0. The smallest absolute Gasteiger partial charge is 0.287 e. The van der Waals surface area contributed by atoms with Gasteiger partial charge in [-0.15, -0.1) is 0 Å². The summed E-state index contributed by atoms with van der Waals surface area (Å²) in [6.45, 7) is -0.460. The van der Waals surface area contributed by atoms with Crippen molar-refractivity contribution in [2.75, 3.05) is 18.6 Å². The van der Waals surface area contributed by atoms with Crippen molar-refractivity contribution in [2.45, 2.75) is 12.6 Å². The molecule has 2 aromatic heterocycles. The molecule has 2 aromatic carbocycles. The van der Waals surface area contributed by atoms with Crippen LogP contribution in [-0.4, -0.2) is 31.4 Å². The summed E-state index contributed by atoms with van der Waals surface area (Å²) < 4.78 is 30.6. The Hall–Kier alpha value is -4.86. The minimum absolute atomic E-state index is 0.0191. The van der Waals surface area contributed by atoms with Crippen molar-refractivity contribution < 1.29 is 32.3 Å². The number of furan rings is 2. The van der Waals surface area contributed by atoms with Gasteiger partial charge in [-0.3, -0.25) is 19.3 Å². The van der Waals surface area contributed by atoms with Gasteiger partial charge in [0.15, 0.2) is 5.76 Å². The summed E-state index contributed by atoms with van der Waals surface area (Å²) in [5, 5.41) is 5.19. The lowest BCUT2D eigenvalue weighted by molar-refractivity contribution is -0.126. The summed E-state index contributed by atoms with van der Waals surface area (Å²) in [6.07, 6.45) is 2.79. The molecular formula is C27H24FN3O6. The first-order chi connectivity index (χ1) is 18.0. The van der Waals surface area contributed by atoms with Gasteiger partial charge in [-0.1, -0.05) is 18.2 Å². The molecule has 3 amide bonds. The summed E-state index contributed by atoms with van der Waals surface area (Å²) in [5.41, 5.74) is 0.264. The molecule has 0 saturated carbocycles. The standard InChI is InChI=1S/C27H24FN3O6/c1-35-19-12-10-18(11-13-19)31(24(32)17-30-26(33)23-9-5-15-37-23)25(21-7-2-3-8-22(21)28)27(34)29-16-20-6-4-14-36-20/h2-15,25H,16-17H2,1H3,(H,29,34)(H,30,33)/t25-/m1/s1. The van der Waals surface area contributed by atoms with Gasteiger partial charge in [0.2, 0.25) is 11.8 Å². The zero-order valence-electron chi connectivity index (χ0n) is 19.8. The number of rotatable bonds is 10. The molecule has 4 rings (SSSR count). The molecule has 4 aromatic rings. The second-order valence-corrected chi connectivity index (χ2v) is 7.84. The second kappa shape index (κ2) is 11.7. The Balaban J connectivity index is 1.69. The van der Waals surface area contributed by atoms with Crippen molar-refractivity contribution in [3.63, 3.8) is 0 Å². The molecule has 1 atom stereocenters. The number of nitrogens with one attached hydrogen (secondary N) is 2. The molecule has 0 aliphatic carbocycles. The van der Waals surface area contributed by atoms with Gasteiger partial charge in [-0.05, 0) is 54.6 Å². The second-order valence-electron chi connectivity index (χ2n) is 7.84. The first-order valence-electron chi connectivity index (χ1n) is 11.3. The Morgan fingerprint density at radius 2 is 1.65 bits per heavy atom. The van der Waals surface area contributed by atoms with Crippen molar-refractivity contribution in [1.82, 2.24) is 10.6 Å². The maximum Gasteiger partial charge on any atom is 0.287 e. The molecular weight excluding hydrogens is 481 g/mol. The minimum Gasteiger partial charge on any atom is -0.497 e. The molecule has 2 N–H and O–H groups in total. The molecule has 37 heavy (non-hydrogen) atoms. The highest BCUT2D eigenvalue weighted by atomic mass is 19.1. The van der Waals surface area contributed by atoms with Crippen molar-refractivity contribution >= 4 is 23.4 Å². The highest BCUT2D eigenvalue weighted by Crippen LogP contribution is 2.31. The number of hydrogen-bond donors (Lipinski definition) is 2. The van der Waals surface area contributed by atoms with Crippen LogP contribution in [0.5, 0.6) is 5.75 Å². The predicted octanol–water partition coefficient (Wildman–Crippen LogP) is 3.84. The average molecular weight is 506 g/mol. The Kier molecular flexibility index (Phi) is 7.99. The number of anilines is 1. The number of carbonyl (C=O) groups is 3. The number of hydrogen-bond acceptors (Lipinski definition) is 6. The van der Waals surface area contributed by atoms with Crippen molar-refractivity contribution in [3.05, 3.63) is 108 Å². The number of benzene rings is 2. The van der Waals surface area contributed by atoms with Crippen molar-refractivity contribution in [1.29, 1.82) is 0 Å². The highest BCUT2D eigenvalue weighted by Gasteiger charge is 2.34. The first kappa shape index (κ1) is 25.2. The largest absolute Gasteiger partial charge is 0.497 e. The molecule has 0 saturated heterocycles. The van der Waals surface area contributed by atoms with Crippen LogP contribution in [0.1, 0.15) is 27.9 Å². The van der Waals surface area contributed by atoms with E-state index in [0.717, 1.165) is 4.90 Å². The van der Waals surface area contributed by atoms with Gasteiger partial charge < -0.3 is 24.2 Å². The lowest BCUT2D eigenvalue weighted by Gasteiger charge is -2.31. The monoisotopic (exact) mass is 505 g/mol. The molecule has 0 unspecified atom stereocenters. The van der Waals surface area contributed by atoms with E-state index in [1.54, 1.807) is 42.5 Å². The van der Waals surface area contributed by atoms with Gasteiger partial charge in [-0.25, -0.2) is 4.39 Å². The number of amides is 3. The van der Waals surface area contributed by atoms with Gasteiger partial charge in [0, 0.05) is 11.3 Å². The third kappa shape index (κ3) is 6.04. The molecule has 0 fully saturated rings. The molecule has 190 valence electrons. The van der Waals surface area contributed by atoms with E-state index < -0.39 is 36.1 Å². The van der Waals surface area contributed by atoms with E-state index in [1.807, 2.05) is 0 Å². The third-order valence-electron chi connectivity index (χ3n) is 5.49. The zero-order valence-corrected chi connectivity index (χ0v) is 19.8. The molecule has 0 aliphatic rings. The fourth-order valence-corrected chi connectivity index (χ4v) is 3.69. The van der Waals surface area contributed by atoms with Crippen molar-refractivity contribution in [3.8, 4) is 5.75 Å². The lowest BCUT2D eigenvalue weighted by atomic mass is 10.0. The van der Waals surface area contributed by atoms with Crippen LogP contribution in [-0.2, 0) is 16.1 Å². The number of methoxy groups -OCH3 is 1.